The minimum absolute atomic E-state index is 0.161. The molecule has 0 aromatic rings. The van der Waals surface area contributed by atoms with Crippen LogP contribution in [0.2, 0.25) is 0 Å². The summed E-state index contributed by atoms with van der Waals surface area (Å²) in [6.07, 6.45) is 0.841. The van der Waals surface area contributed by atoms with Gasteiger partial charge in [0.15, 0.2) is 5.78 Å². The Morgan fingerprint density at radius 1 is 1.58 bits per heavy atom. The first-order valence-electron chi connectivity index (χ1n) is 4.52. The maximum absolute atomic E-state index is 11.2. The van der Waals surface area contributed by atoms with Crippen LogP contribution in [-0.4, -0.2) is 31.6 Å². The summed E-state index contributed by atoms with van der Waals surface area (Å²) < 4.78 is 5.20. The average molecular weight is 171 g/mol. The van der Waals surface area contributed by atoms with Gasteiger partial charge >= 0.3 is 0 Å². The lowest BCUT2D eigenvalue weighted by Gasteiger charge is -2.26. The Bertz CT molecular complexity index is 153. The Morgan fingerprint density at radius 3 is 2.67 bits per heavy atom. The zero-order chi connectivity index (χ0) is 8.97. The molecular formula is C9H17NO2. The van der Waals surface area contributed by atoms with Gasteiger partial charge in [-0.3, -0.25) is 4.79 Å². The van der Waals surface area contributed by atoms with Crippen molar-refractivity contribution in [1.82, 2.24) is 5.32 Å². The van der Waals surface area contributed by atoms with Crippen molar-refractivity contribution in [3.05, 3.63) is 0 Å². The van der Waals surface area contributed by atoms with Crippen LogP contribution in [0.4, 0.5) is 0 Å². The van der Waals surface area contributed by atoms with Crippen molar-refractivity contribution in [1.29, 1.82) is 0 Å². The highest BCUT2D eigenvalue weighted by molar-refractivity contribution is 5.80. The Hall–Kier alpha value is -0.410. The first-order chi connectivity index (χ1) is 5.68. The van der Waals surface area contributed by atoms with Gasteiger partial charge in [0, 0.05) is 6.42 Å². The van der Waals surface area contributed by atoms with Gasteiger partial charge in [-0.25, -0.2) is 0 Å². The van der Waals surface area contributed by atoms with Crippen LogP contribution in [0.5, 0.6) is 0 Å². The molecule has 0 spiro atoms. The molecule has 0 aromatic heterocycles. The number of nitrogens with one attached hydrogen (secondary N) is 1. The second-order valence-corrected chi connectivity index (χ2v) is 3.63. The van der Waals surface area contributed by atoms with E-state index in [4.69, 9.17) is 4.74 Å². The van der Waals surface area contributed by atoms with Gasteiger partial charge in [-0.1, -0.05) is 0 Å². The lowest BCUT2D eigenvalue weighted by molar-refractivity contribution is -0.126. The normalized spacial score (nSPS) is 17.9. The third-order valence-corrected chi connectivity index (χ3v) is 1.96. The first-order valence-corrected chi connectivity index (χ1v) is 4.52. The molecule has 0 saturated carbocycles. The summed E-state index contributed by atoms with van der Waals surface area (Å²) in [5.41, 5.74) is 0. The van der Waals surface area contributed by atoms with Crippen molar-refractivity contribution in [2.45, 2.75) is 26.4 Å². The highest BCUT2D eigenvalue weighted by atomic mass is 16.5. The molecule has 1 rings (SSSR count). The van der Waals surface area contributed by atoms with Crippen molar-refractivity contribution < 1.29 is 9.53 Å². The van der Waals surface area contributed by atoms with Crippen LogP contribution in [0.1, 0.15) is 20.3 Å². The molecular weight excluding hydrogens is 154 g/mol. The number of hydrogen-bond donors (Lipinski definition) is 1. The maximum Gasteiger partial charge on any atom is 0.158 e. The molecule has 0 aliphatic carbocycles. The van der Waals surface area contributed by atoms with Gasteiger partial charge in [0.2, 0.25) is 0 Å². The molecule has 0 amide bonds. The molecule has 1 N–H and O–H groups in total. The number of hydrogen-bond acceptors (Lipinski definition) is 3. The molecule has 12 heavy (non-hydrogen) atoms. The lowest BCUT2D eigenvalue weighted by atomic mass is 9.97. The van der Waals surface area contributed by atoms with Crippen LogP contribution in [0.15, 0.2) is 0 Å². The molecule has 0 atom stereocenters. The molecule has 0 bridgehead atoms. The van der Waals surface area contributed by atoms with E-state index >= 15 is 0 Å². The third-order valence-electron chi connectivity index (χ3n) is 1.96. The minimum atomic E-state index is 0.161. The summed E-state index contributed by atoms with van der Waals surface area (Å²) in [5, 5.41) is 3.14. The highest BCUT2D eigenvalue weighted by Gasteiger charge is 2.19. The number of ether oxygens (including phenoxy) is 1. The van der Waals surface area contributed by atoms with E-state index in [2.05, 4.69) is 5.32 Å². The lowest BCUT2D eigenvalue weighted by Crippen LogP contribution is -2.43. The standard InChI is InChI=1S/C9H17NO2/c1-7(2)12-6-9(11)3-8-4-10-5-8/h7-8,10H,3-6H2,1-2H3. The van der Waals surface area contributed by atoms with E-state index in [1.165, 1.54) is 0 Å². The summed E-state index contributed by atoms with van der Waals surface area (Å²) in [5.74, 6) is 0.795. The number of Topliss-reactive ketones (excluding diaryl/α,β-unsaturated/α-hetero) is 1. The maximum atomic E-state index is 11.2. The molecule has 1 fully saturated rings. The van der Waals surface area contributed by atoms with E-state index in [0.29, 0.717) is 12.3 Å². The molecule has 0 radical (unpaired) electrons. The Balaban J connectivity index is 2.03. The molecule has 3 nitrogen and oxygen atoms in total. The second kappa shape index (κ2) is 4.58. The van der Waals surface area contributed by atoms with Gasteiger partial charge in [-0.15, -0.1) is 0 Å². The van der Waals surface area contributed by atoms with Crippen molar-refractivity contribution in [2.75, 3.05) is 19.7 Å². The third kappa shape index (κ3) is 3.32. The van der Waals surface area contributed by atoms with Crippen molar-refractivity contribution in [3.8, 4) is 0 Å². The summed E-state index contributed by atoms with van der Waals surface area (Å²) in [6, 6.07) is 0. The van der Waals surface area contributed by atoms with Crippen LogP contribution in [0, 0.1) is 5.92 Å². The minimum Gasteiger partial charge on any atom is -0.371 e. The monoisotopic (exact) mass is 171 g/mol. The van der Waals surface area contributed by atoms with Gasteiger partial charge in [0.05, 0.1) is 6.10 Å². The number of ketones is 1. The van der Waals surface area contributed by atoms with Crippen LogP contribution in [0.25, 0.3) is 0 Å². The Labute approximate surface area is 73.5 Å². The first kappa shape index (κ1) is 9.68. The van der Waals surface area contributed by atoms with Gasteiger partial charge in [0.25, 0.3) is 0 Å². The number of rotatable bonds is 5. The van der Waals surface area contributed by atoms with Crippen molar-refractivity contribution in [2.24, 2.45) is 5.92 Å². The van der Waals surface area contributed by atoms with E-state index in [0.717, 1.165) is 13.1 Å². The highest BCUT2D eigenvalue weighted by Crippen LogP contribution is 2.08. The second-order valence-electron chi connectivity index (χ2n) is 3.63. The van der Waals surface area contributed by atoms with E-state index < -0.39 is 0 Å². The molecule has 0 unspecified atom stereocenters. The average Bonchev–Trinajstić information content (AvgIpc) is 1.93. The fourth-order valence-electron chi connectivity index (χ4n) is 1.13. The molecule has 1 heterocycles. The van der Waals surface area contributed by atoms with Gasteiger partial charge in [-0.2, -0.15) is 0 Å². The molecule has 1 aliphatic rings. The van der Waals surface area contributed by atoms with Crippen LogP contribution in [0.3, 0.4) is 0 Å². The van der Waals surface area contributed by atoms with Gasteiger partial charge in [0.1, 0.15) is 6.61 Å². The molecule has 3 heteroatoms. The zero-order valence-corrected chi connectivity index (χ0v) is 7.80. The van der Waals surface area contributed by atoms with E-state index in [1.807, 2.05) is 13.8 Å². The SMILES string of the molecule is CC(C)OCC(=O)CC1CNC1. The number of carbonyl (C=O) groups excluding carboxylic acids is 1. The summed E-state index contributed by atoms with van der Waals surface area (Å²) in [6.45, 7) is 6.16. The van der Waals surface area contributed by atoms with Crippen molar-refractivity contribution >= 4 is 5.78 Å². The van der Waals surface area contributed by atoms with E-state index in [9.17, 15) is 4.79 Å². The van der Waals surface area contributed by atoms with Crippen LogP contribution in [-0.2, 0) is 9.53 Å². The predicted molar refractivity (Wildman–Crippen MR) is 47.1 cm³/mol. The molecule has 70 valence electrons. The predicted octanol–water partition coefficient (Wildman–Crippen LogP) is 0.590. The van der Waals surface area contributed by atoms with E-state index in [1.54, 1.807) is 0 Å². The fourth-order valence-corrected chi connectivity index (χ4v) is 1.13. The van der Waals surface area contributed by atoms with Gasteiger partial charge in [-0.05, 0) is 32.9 Å². The van der Waals surface area contributed by atoms with Gasteiger partial charge < -0.3 is 10.1 Å². The van der Waals surface area contributed by atoms with Crippen LogP contribution >= 0.6 is 0 Å². The summed E-state index contributed by atoms with van der Waals surface area (Å²) in [7, 11) is 0. The summed E-state index contributed by atoms with van der Waals surface area (Å²) >= 11 is 0. The molecule has 0 aromatic carbocycles. The molecule has 1 aliphatic heterocycles. The largest absolute Gasteiger partial charge is 0.371 e. The van der Waals surface area contributed by atoms with Crippen LogP contribution < -0.4 is 5.32 Å². The Morgan fingerprint density at radius 2 is 2.25 bits per heavy atom. The Kier molecular flexibility index (Phi) is 3.69. The fraction of sp³-hybridized carbons (Fsp3) is 0.889. The van der Waals surface area contributed by atoms with Crippen molar-refractivity contribution in [3.63, 3.8) is 0 Å². The number of carbonyl (C=O) groups is 1. The van der Waals surface area contributed by atoms with E-state index in [-0.39, 0.29) is 18.5 Å². The quantitative estimate of drug-likeness (QED) is 0.658. The smallest absolute Gasteiger partial charge is 0.158 e. The topological polar surface area (TPSA) is 38.3 Å². The zero-order valence-electron chi connectivity index (χ0n) is 7.80. The summed E-state index contributed by atoms with van der Waals surface area (Å²) in [4.78, 5) is 11.2. The molecule has 1 saturated heterocycles.